The lowest BCUT2D eigenvalue weighted by Gasteiger charge is -2.13. The van der Waals surface area contributed by atoms with E-state index in [9.17, 15) is 9.59 Å². The Morgan fingerprint density at radius 1 is 0.913 bits per heavy atom. The molecule has 112 valence electrons. The normalized spacial score (nSPS) is 14.0. The van der Waals surface area contributed by atoms with Gasteiger partial charge in [0.1, 0.15) is 5.69 Å². The number of carbonyl (C=O) groups is 2. The molecule has 0 unspecified atom stereocenters. The van der Waals surface area contributed by atoms with Crippen molar-refractivity contribution in [2.45, 2.75) is 13.5 Å². The molecule has 0 saturated heterocycles. The van der Waals surface area contributed by atoms with Gasteiger partial charge in [0, 0.05) is 23.0 Å². The standard InChI is InChI=1S/C20H15NO2/c1-13-11-17(22)19-18(20(13)23)15-9-5-6-10-16(15)21(19)12-14-7-3-2-4-8-14/h2-11H,12H2,1H3. The van der Waals surface area contributed by atoms with E-state index in [0.717, 1.165) is 16.5 Å². The Balaban J connectivity index is 2.01. The predicted molar refractivity (Wildman–Crippen MR) is 89.9 cm³/mol. The minimum Gasteiger partial charge on any atom is -0.333 e. The number of fused-ring (bicyclic) bond motifs is 3. The quantitative estimate of drug-likeness (QED) is 0.717. The zero-order chi connectivity index (χ0) is 16.0. The summed E-state index contributed by atoms with van der Waals surface area (Å²) in [6.45, 7) is 2.27. The molecule has 0 fully saturated rings. The maximum atomic E-state index is 12.6. The van der Waals surface area contributed by atoms with Gasteiger partial charge in [-0.25, -0.2) is 0 Å². The Hall–Kier alpha value is -2.94. The first-order chi connectivity index (χ1) is 11.2. The van der Waals surface area contributed by atoms with E-state index in [1.165, 1.54) is 6.08 Å². The van der Waals surface area contributed by atoms with E-state index in [2.05, 4.69) is 0 Å². The second kappa shape index (κ2) is 5.06. The largest absolute Gasteiger partial charge is 0.333 e. The number of hydrogen-bond acceptors (Lipinski definition) is 2. The second-order valence-corrected chi connectivity index (χ2v) is 5.83. The smallest absolute Gasteiger partial charge is 0.203 e. The topological polar surface area (TPSA) is 39.1 Å². The van der Waals surface area contributed by atoms with E-state index < -0.39 is 0 Å². The van der Waals surface area contributed by atoms with Crippen LogP contribution in [0.25, 0.3) is 10.9 Å². The van der Waals surface area contributed by atoms with Crippen LogP contribution in [0.2, 0.25) is 0 Å². The van der Waals surface area contributed by atoms with E-state index in [4.69, 9.17) is 0 Å². The lowest BCUT2D eigenvalue weighted by molar-refractivity contribution is 0.0980. The molecule has 0 atom stereocenters. The molecule has 0 aliphatic heterocycles. The van der Waals surface area contributed by atoms with E-state index in [0.29, 0.717) is 23.4 Å². The summed E-state index contributed by atoms with van der Waals surface area (Å²) < 4.78 is 1.96. The number of aromatic nitrogens is 1. The first kappa shape index (κ1) is 13.7. The molecule has 3 aromatic rings. The maximum Gasteiger partial charge on any atom is 0.203 e. The monoisotopic (exact) mass is 301 g/mol. The van der Waals surface area contributed by atoms with E-state index >= 15 is 0 Å². The summed E-state index contributed by atoms with van der Waals surface area (Å²) >= 11 is 0. The van der Waals surface area contributed by atoms with Gasteiger partial charge >= 0.3 is 0 Å². The molecule has 1 heterocycles. The highest BCUT2D eigenvalue weighted by molar-refractivity contribution is 6.29. The molecule has 1 aliphatic carbocycles. The molecule has 23 heavy (non-hydrogen) atoms. The molecule has 0 spiro atoms. The third-order valence-corrected chi connectivity index (χ3v) is 4.32. The fourth-order valence-corrected chi connectivity index (χ4v) is 3.25. The van der Waals surface area contributed by atoms with Crippen LogP contribution in [0.1, 0.15) is 33.3 Å². The van der Waals surface area contributed by atoms with Gasteiger partial charge in [-0.2, -0.15) is 0 Å². The average molecular weight is 301 g/mol. The van der Waals surface area contributed by atoms with Crippen molar-refractivity contribution in [1.29, 1.82) is 0 Å². The number of nitrogens with zero attached hydrogens (tertiary/aromatic N) is 1. The molecule has 3 heteroatoms. The van der Waals surface area contributed by atoms with Crippen molar-refractivity contribution in [2.75, 3.05) is 0 Å². The van der Waals surface area contributed by atoms with Crippen LogP contribution < -0.4 is 0 Å². The average Bonchev–Trinajstić information content (AvgIpc) is 2.89. The number of rotatable bonds is 2. The van der Waals surface area contributed by atoms with Crippen LogP contribution in [-0.2, 0) is 6.54 Å². The van der Waals surface area contributed by atoms with E-state index in [-0.39, 0.29) is 11.6 Å². The molecule has 4 rings (SSSR count). The van der Waals surface area contributed by atoms with Crippen molar-refractivity contribution in [1.82, 2.24) is 4.57 Å². The number of para-hydroxylation sites is 1. The zero-order valence-electron chi connectivity index (χ0n) is 12.7. The number of allylic oxidation sites excluding steroid dienone is 2. The van der Waals surface area contributed by atoms with Crippen LogP contribution in [0.15, 0.2) is 66.2 Å². The number of benzene rings is 2. The van der Waals surface area contributed by atoms with Crippen molar-refractivity contribution >= 4 is 22.5 Å². The van der Waals surface area contributed by atoms with Gasteiger partial charge in [0.2, 0.25) is 5.78 Å². The molecule has 0 bridgehead atoms. The Kier molecular flexibility index (Phi) is 3.01. The van der Waals surface area contributed by atoms with Gasteiger partial charge in [-0.1, -0.05) is 48.5 Å². The molecular formula is C20H15NO2. The van der Waals surface area contributed by atoms with E-state index in [1.54, 1.807) is 6.92 Å². The van der Waals surface area contributed by atoms with Crippen LogP contribution in [0, 0.1) is 0 Å². The molecule has 3 nitrogen and oxygen atoms in total. The summed E-state index contributed by atoms with van der Waals surface area (Å²) in [5.74, 6) is -0.146. The summed E-state index contributed by atoms with van der Waals surface area (Å²) in [7, 11) is 0. The highest BCUT2D eigenvalue weighted by Gasteiger charge is 2.30. The second-order valence-electron chi connectivity index (χ2n) is 5.83. The van der Waals surface area contributed by atoms with Crippen molar-refractivity contribution in [3.63, 3.8) is 0 Å². The fourth-order valence-electron chi connectivity index (χ4n) is 3.25. The Morgan fingerprint density at radius 2 is 1.61 bits per heavy atom. The third kappa shape index (κ3) is 2.05. The Labute approximate surface area is 133 Å². The number of carbonyl (C=O) groups excluding carboxylic acids is 2. The summed E-state index contributed by atoms with van der Waals surface area (Å²) in [5.41, 5.74) is 3.58. The summed E-state index contributed by atoms with van der Waals surface area (Å²) in [6.07, 6.45) is 1.45. The molecule has 1 aromatic heterocycles. The predicted octanol–water partition coefficient (Wildman–Crippen LogP) is 4.01. The summed E-state index contributed by atoms with van der Waals surface area (Å²) in [6, 6.07) is 17.7. The molecule has 2 aromatic carbocycles. The van der Waals surface area contributed by atoms with Gasteiger partial charge in [-0.15, -0.1) is 0 Å². The Bertz CT molecular complexity index is 978. The summed E-state index contributed by atoms with van der Waals surface area (Å²) in [4.78, 5) is 25.2. The number of Topliss-reactive ketones (excluding diaryl/α,β-unsaturated/α-hetero) is 1. The molecule has 0 N–H and O–H groups in total. The van der Waals surface area contributed by atoms with Crippen LogP contribution in [0.3, 0.4) is 0 Å². The first-order valence-corrected chi connectivity index (χ1v) is 7.59. The van der Waals surface area contributed by atoms with E-state index in [1.807, 2.05) is 59.2 Å². The number of hydrogen-bond donors (Lipinski definition) is 0. The van der Waals surface area contributed by atoms with Crippen LogP contribution in [0.4, 0.5) is 0 Å². The van der Waals surface area contributed by atoms with Crippen LogP contribution >= 0.6 is 0 Å². The lowest BCUT2D eigenvalue weighted by atomic mass is 9.93. The van der Waals surface area contributed by atoms with Gasteiger partial charge in [0.15, 0.2) is 5.78 Å². The van der Waals surface area contributed by atoms with Crippen molar-refractivity contribution in [3.05, 3.63) is 83.1 Å². The van der Waals surface area contributed by atoms with Crippen molar-refractivity contribution in [2.24, 2.45) is 0 Å². The molecule has 1 aliphatic rings. The maximum absolute atomic E-state index is 12.6. The zero-order valence-corrected chi connectivity index (χ0v) is 12.7. The van der Waals surface area contributed by atoms with Gasteiger partial charge < -0.3 is 4.57 Å². The van der Waals surface area contributed by atoms with Crippen molar-refractivity contribution < 1.29 is 9.59 Å². The summed E-state index contributed by atoms with van der Waals surface area (Å²) in [5, 5.41) is 0.851. The van der Waals surface area contributed by atoms with Crippen molar-refractivity contribution in [3.8, 4) is 0 Å². The minimum absolute atomic E-state index is 0.0531. The lowest BCUT2D eigenvalue weighted by Crippen LogP contribution is -2.18. The van der Waals surface area contributed by atoms with Crippen LogP contribution in [-0.4, -0.2) is 16.1 Å². The van der Waals surface area contributed by atoms with Gasteiger partial charge in [0.05, 0.1) is 5.56 Å². The molecule has 0 amide bonds. The van der Waals surface area contributed by atoms with Gasteiger partial charge in [-0.05, 0) is 24.6 Å². The molecule has 0 radical (unpaired) electrons. The van der Waals surface area contributed by atoms with Gasteiger partial charge in [-0.3, -0.25) is 9.59 Å². The van der Waals surface area contributed by atoms with Gasteiger partial charge in [0.25, 0.3) is 0 Å². The third-order valence-electron chi connectivity index (χ3n) is 4.32. The fraction of sp³-hybridized carbons (Fsp3) is 0.100. The SMILES string of the molecule is CC1=CC(=O)c2c(c3ccccc3n2Cc2ccccc2)C1=O. The molecule has 0 saturated carbocycles. The molecular weight excluding hydrogens is 286 g/mol. The first-order valence-electron chi connectivity index (χ1n) is 7.59. The highest BCUT2D eigenvalue weighted by atomic mass is 16.1. The number of ketones is 2. The van der Waals surface area contributed by atoms with Crippen LogP contribution in [0.5, 0.6) is 0 Å². The Morgan fingerprint density at radius 3 is 2.39 bits per heavy atom. The highest BCUT2D eigenvalue weighted by Crippen LogP contribution is 2.32. The minimum atomic E-state index is -0.0933.